The van der Waals surface area contributed by atoms with E-state index in [1.807, 2.05) is 14.1 Å². The molecule has 0 radical (unpaired) electrons. The van der Waals surface area contributed by atoms with Gasteiger partial charge < -0.3 is 15.0 Å². The van der Waals surface area contributed by atoms with E-state index in [1.165, 1.54) is 0 Å². The standard InChI is InChI=1S/C10H22N2O2S/c1-12(2)6-3-4-10(13)11-5-7-14-8-9-15/h15H,3-9H2,1-2H3,(H,11,13). The lowest BCUT2D eigenvalue weighted by molar-refractivity contribution is -0.121. The lowest BCUT2D eigenvalue weighted by Crippen LogP contribution is -2.28. The van der Waals surface area contributed by atoms with Crippen LogP contribution in [0.25, 0.3) is 0 Å². The monoisotopic (exact) mass is 234 g/mol. The number of ether oxygens (including phenoxy) is 1. The number of hydrogen-bond donors (Lipinski definition) is 2. The highest BCUT2D eigenvalue weighted by molar-refractivity contribution is 7.80. The van der Waals surface area contributed by atoms with E-state index in [4.69, 9.17) is 4.74 Å². The van der Waals surface area contributed by atoms with E-state index in [9.17, 15) is 4.79 Å². The molecule has 4 nitrogen and oxygen atoms in total. The van der Waals surface area contributed by atoms with Gasteiger partial charge in [-0.25, -0.2) is 0 Å². The number of nitrogens with one attached hydrogen (secondary N) is 1. The van der Waals surface area contributed by atoms with Gasteiger partial charge in [-0.2, -0.15) is 12.6 Å². The van der Waals surface area contributed by atoms with E-state index < -0.39 is 0 Å². The number of carbonyl (C=O) groups excluding carboxylic acids is 1. The van der Waals surface area contributed by atoms with Crippen LogP contribution in [0.15, 0.2) is 0 Å². The van der Waals surface area contributed by atoms with Crippen molar-refractivity contribution in [3.8, 4) is 0 Å². The van der Waals surface area contributed by atoms with E-state index in [1.54, 1.807) is 0 Å². The van der Waals surface area contributed by atoms with E-state index >= 15 is 0 Å². The largest absolute Gasteiger partial charge is 0.379 e. The zero-order chi connectivity index (χ0) is 11.5. The minimum absolute atomic E-state index is 0.103. The summed E-state index contributed by atoms with van der Waals surface area (Å²) in [4.78, 5) is 13.3. The second-order valence-corrected chi connectivity index (χ2v) is 4.04. The molecule has 0 spiro atoms. The molecule has 0 atom stereocenters. The van der Waals surface area contributed by atoms with Crippen LogP contribution in [0.1, 0.15) is 12.8 Å². The second-order valence-electron chi connectivity index (χ2n) is 3.59. The van der Waals surface area contributed by atoms with Crippen LogP contribution in [0.5, 0.6) is 0 Å². The first-order valence-corrected chi connectivity index (χ1v) is 5.90. The molecule has 0 bridgehead atoms. The molecule has 1 amide bonds. The van der Waals surface area contributed by atoms with Gasteiger partial charge in [-0.3, -0.25) is 4.79 Å². The average molecular weight is 234 g/mol. The normalized spacial score (nSPS) is 10.7. The molecule has 0 aliphatic heterocycles. The summed E-state index contributed by atoms with van der Waals surface area (Å²) in [7, 11) is 4.01. The Labute approximate surface area is 97.8 Å². The number of hydrogen-bond acceptors (Lipinski definition) is 4. The Morgan fingerprint density at radius 3 is 2.73 bits per heavy atom. The molecule has 5 heteroatoms. The maximum atomic E-state index is 11.3. The van der Waals surface area contributed by atoms with Crippen molar-refractivity contribution in [2.75, 3.05) is 46.2 Å². The quantitative estimate of drug-likeness (QED) is 0.448. The molecule has 0 saturated heterocycles. The first-order chi connectivity index (χ1) is 7.16. The summed E-state index contributed by atoms with van der Waals surface area (Å²) in [6.45, 7) is 2.75. The predicted octanol–water partition coefficient (Wildman–Crippen LogP) is 0.391. The van der Waals surface area contributed by atoms with Gasteiger partial charge in [0.05, 0.1) is 13.2 Å². The van der Waals surface area contributed by atoms with Gasteiger partial charge in [0, 0.05) is 18.7 Å². The Hall–Kier alpha value is -0.260. The van der Waals surface area contributed by atoms with E-state index in [0.717, 1.165) is 18.7 Å². The molecular weight excluding hydrogens is 212 g/mol. The molecule has 0 aliphatic rings. The summed E-state index contributed by atoms with van der Waals surface area (Å²) in [5, 5.41) is 2.81. The molecule has 90 valence electrons. The highest BCUT2D eigenvalue weighted by Crippen LogP contribution is 1.90. The number of carbonyl (C=O) groups is 1. The Morgan fingerprint density at radius 1 is 1.40 bits per heavy atom. The van der Waals surface area contributed by atoms with E-state index in [-0.39, 0.29) is 5.91 Å². The van der Waals surface area contributed by atoms with Gasteiger partial charge in [0.25, 0.3) is 0 Å². The number of amides is 1. The topological polar surface area (TPSA) is 41.6 Å². The van der Waals surface area contributed by atoms with Crippen molar-refractivity contribution >= 4 is 18.5 Å². The lowest BCUT2D eigenvalue weighted by atomic mass is 10.3. The van der Waals surface area contributed by atoms with Gasteiger partial charge in [-0.1, -0.05) is 0 Å². The summed E-state index contributed by atoms with van der Waals surface area (Å²) in [5.74, 6) is 0.822. The SMILES string of the molecule is CN(C)CCCC(=O)NCCOCCS. The maximum Gasteiger partial charge on any atom is 0.220 e. The number of nitrogens with zero attached hydrogens (tertiary/aromatic N) is 1. The van der Waals surface area contributed by atoms with Crippen molar-refractivity contribution in [2.24, 2.45) is 0 Å². The Morgan fingerprint density at radius 2 is 2.13 bits per heavy atom. The zero-order valence-electron chi connectivity index (χ0n) is 9.66. The smallest absolute Gasteiger partial charge is 0.220 e. The summed E-state index contributed by atoms with van der Waals surface area (Å²) in [6, 6.07) is 0. The average Bonchev–Trinajstić information content (AvgIpc) is 2.17. The van der Waals surface area contributed by atoms with E-state index in [2.05, 4.69) is 22.8 Å². The molecule has 0 fully saturated rings. The summed E-state index contributed by atoms with van der Waals surface area (Å²) in [6.07, 6.45) is 1.49. The Balaban J connectivity index is 3.19. The van der Waals surface area contributed by atoms with Gasteiger partial charge in [-0.05, 0) is 27.1 Å². The van der Waals surface area contributed by atoms with Gasteiger partial charge in [0.1, 0.15) is 0 Å². The maximum absolute atomic E-state index is 11.3. The predicted molar refractivity (Wildman–Crippen MR) is 65.5 cm³/mol. The van der Waals surface area contributed by atoms with Gasteiger partial charge in [0.15, 0.2) is 0 Å². The van der Waals surface area contributed by atoms with Crippen LogP contribution >= 0.6 is 12.6 Å². The molecule has 0 aromatic heterocycles. The Bertz CT molecular complexity index is 166. The third-order valence-electron chi connectivity index (χ3n) is 1.81. The molecule has 0 aromatic rings. The van der Waals surface area contributed by atoms with E-state index in [0.29, 0.717) is 26.2 Å². The van der Waals surface area contributed by atoms with Gasteiger partial charge >= 0.3 is 0 Å². The molecule has 0 aliphatic carbocycles. The number of thiol groups is 1. The molecular formula is C10H22N2O2S. The summed E-state index contributed by atoms with van der Waals surface area (Å²) in [5.41, 5.74) is 0. The van der Waals surface area contributed by atoms with Crippen molar-refractivity contribution in [3.63, 3.8) is 0 Å². The van der Waals surface area contributed by atoms with Crippen molar-refractivity contribution in [1.29, 1.82) is 0 Å². The third-order valence-corrected chi connectivity index (χ3v) is 2.00. The minimum atomic E-state index is 0.103. The van der Waals surface area contributed by atoms with Crippen molar-refractivity contribution < 1.29 is 9.53 Å². The first kappa shape index (κ1) is 14.7. The molecule has 0 rings (SSSR count). The Kier molecular flexibility index (Phi) is 10.1. The highest BCUT2D eigenvalue weighted by Gasteiger charge is 2.00. The van der Waals surface area contributed by atoms with Crippen molar-refractivity contribution in [1.82, 2.24) is 10.2 Å². The fourth-order valence-corrected chi connectivity index (χ4v) is 1.20. The second kappa shape index (κ2) is 10.3. The summed E-state index contributed by atoms with van der Waals surface area (Å²) >= 11 is 4.01. The molecule has 0 saturated carbocycles. The lowest BCUT2D eigenvalue weighted by Gasteiger charge is -2.09. The van der Waals surface area contributed by atoms with Crippen LogP contribution < -0.4 is 5.32 Å². The third kappa shape index (κ3) is 11.7. The number of rotatable bonds is 9. The van der Waals surface area contributed by atoms with Crippen LogP contribution in [-0.4, -0.2) is 57.0 Å². The fourth-order valence-electron chi connectivity index (χ4n) is 1.07. The first-order valence-electron chi connectivity index (χ1n) is 5.27. The minimum Gasteiger partial charge on any atom is -0.379 e. The van der Waals surface area contributed by atoms with Crippen LogP contribution in [0.3, 0.4) is 0 Å². The molecule has 1 N–H and O–H groups in total. The van der Waals surface area contributed by atoms with Crippen LogP contribution in [0.4, 0.5) is 0 Å². The molecule has 0 unspecified atom stereocenters. The zero-order valence-corrected chi connectivity index (χ0v) is 10.6. The highest BCUT2D eigenvalue weighted by atomic mass is 32.1. The van der Waals surface area contributed by atoms with Crippen molar-refractivity contribution in [2.45, 2.75) is 12.8 Å². The molecule has 0 aromatic carbocycles. The van der Waals surface area contributed by atoms with Crippen LogP contribution in [-0.2, 0) is 9.53 Å². The van der Waals surface area contributed by atoms with Crippen molar-refractivity contribution in [3.05, 3.63) is 0 Å². The van der Waals surface area contributed by atoms with Gasteiger partial charge in [0.2, 0.25) is 5.91 Å². The van der Waals surface area contributed by atoms with Gasteiger partial charge in [-0.15, -0.1) is 0 Å². The molecule has 0 heterocycles. The summed E-state index contributed by atoms with van der Waals surface area (Å²) < 4.78 is 5.18. The van der Waals surface area contributed by atoms with Crippen LogP contribution in [0.2, 0.25) is 0 Å². The van der Waals surface area contributed by atoms with Crippen LogP contribution in [0, 0.1) is 0 Å². The fraction of sp³-hybridized carbons (Fsp3) is 0.900. The molecule has 15 heavy (non-hydrogen) atoms.